The van der Waals surface area contributed by atoms with Crippen LogP contribution >= 0.6 is 35.0 Å². The Labute approximate surface area is 212 Å². The van der Waals surface area contributed by atoms with Gasteiger partial charge in [0.2, 0.25) is 5.91 Å². The number of thioether (sulfide) groups is 1. The van der Waals surface area contributed by atoms with Gasteiger partial charge in [-0.2, -0.15) is 0 Å². The fourth-order valence-electron chi connectivity index (χ4n) is 3.21. The van der Waals surface area contributed by atoms with Crippen molar-refractivity contribution in [2.24, 2.45) is 13.0 Å². The first kappa shape index (κ1) is 25.9. The van der Waals surface area contributed by atoms with Crippen molar-refractivity contribution >= 4 is 52.5 Å². The number of nitrogens with one attached hydrogen (secondary N) is 2. The largest absolute Gasteiger partial charge is 0.495 e. The minimum Gasteiger partial charge on any atom is -0.495 e. The fourth-order valence-corrected chi connectivity index (χ4v) is 4.42. The minimum atomic E-state index is -0.423. The lowest BCUT2D eigenvalue weighted by Crippen LogP contribution is -2.33. The molecule has 0 saturated carbocycles. The summed E-state index contributed by atoms with van der Waals surface area (Å²) in [6.07, 6.45) is 0. The van der Waals surface area contributed by atoms with E-state index in [9.17, 15) is 9.59 Å². The van der Waals surface area contributed by atoms with Crippen LogP contribution in [-0.4, -0.2) is 39.4 Å². The van der Waals surface area contributed by atoms with Gasteiger partial charge in [0.15, 0.2) is 11.0 Å². The average Bonchev–Trinajstić information content (AvgIpc) is 3.16. The average molecular weight is 522 g/mol. The molecule has 0 bridgehead atoms. The van der Waals surface area contributed by atoms with Crippen molar-refractivity contribution in [2.75, 3.05) is 18.2 Å². The van der Waals surface area contributed by atoms with Crippen LogP contribution in [0.4, 0.5) is 5.69 Å². The van der Waals surface area contributed by atoms with E-state index < -0.39 is 6.04 Å². The normalized spacial score (nSPS) is 11.9. The first-order valence-corrected chi connectivity index (χ1v) is 12.2. The number of amides is 2. The van der Waals surface area contributed by atoms with Gasteiger partial charge in [-0.15, -0.1) is 10.2 Å². The molecule has 1 aromatic heterocycles. The molecule has 0 saturated heterocycles. The van der Waals surface area contributed by atoms with Gasteiger partial charge in [-0.1, -0.05) is 60.9 Å². The van der Waals surface area contributed by atoms with Gasteiger partial charge < -0.3 is 19.9 Å². The zero-order valence-electron chi connectivity index (χ0n) is 19.1. The molecule has 0 aliphatic rings. The molecule has 3 rings (SSSR count). The van der Waals surface area contributed by atoms with E-state index in [-0.39, 0.29) is 28.5 Å². The van der Waals surface area contributed by atoms with Gasteiger partial charge in [0.25, 0.3) is 5.91 Å². The molecule has 2 aromatic carbocycles. The SMILES string of the molecule is COc1ccccc1NC(=O)CSc1nnc([C@H](NC(=O)c2ccc(Cl)cc2Cl)C(C)C)n1C. The predicted octanol–water partition coefficient (Wildman–Crippen LogP) is 4.99. The number of benzene rings is 2. The molecular weight excluding hydrogens is 497 g/mol. The number of hydrogen-bond acceptors (Lipinski definition) is 6. The summed E-state index contributed by atoms with van der Waals surface area (Å²) < 4.78 is 7.03. The Morgan fingerprint density at radius 2 is 1.88 bits per heavy atom. The van der Waals surface area contributed by atoms with Crippen molar-refractivity contribution in [1.29, 1.82) is 0 Å². The second kappa shape index (κ2) is 11.6. The first-order chi connectivity index (χ1) is 16.2. The third-order valence-electron chi connectivity index (χ3n) is 4.99. The second-order valence-corrected chi connectivity index (χ2v) is 9.54. The number of carbonyl (C=O) groups is 2. The highest BCUT2D eigenvalue weighted by atomic mass is 35.5. The van der Waals surface area contributed by atoms with E-state index in [0.29, 0.717) is 33.0 Å². The number of aromatic nitrogens is 3. The Balaban J connectivity index is 1.69. The lowest BCUT2D eigenvalue weighted by atomic mass is 10.0. The molecule has 2 N–H and O–H groups in total. The maximum atomic E-state index is 12.9. The molecule has 0 radical (unpaired) electrons. The summed E-state index contributed by atoms with van der Waals surface area (Å²) in [5.74, 6) is 0.756. The molecule has 34 heavy (non-hydrogen) atoms. The van der Waals surface area contributed by atoms with E-state index in [2.05, 4.69) is 20.8 Å². The van der Waals surface area contributed by atoms with Gasteiger partial charge in [0.05, 0.1) is 35.2 Å². The molecule has 0 fully saturated rings. The number of rotatable bonds is 9. The van der Waals surface area contributed by atoms with E-state index in [4.69, 9.17) is 27.9 Å². The number of methoxy groups -OCH3 is 1. The number of ether oxygens (including phenoxy) is 1. The van der Waals surface area contributed by atoms with Gasteiger partial charge in [-0.25, -0.2) is 0 Å². The van der Waals surface area contributed by atoms with Crippen LogP contribution in [0.5, 0.6) is 5.75 Å². The van der Waals surface area contributed by atoms with Crippen molar-refractivity contribution in [3.8, 4) is 5.75 Å². The Bertz CT molecular complexity index is 1190. The molecule has 0 unspecified atom stereocenters. The van der Waals surface area contributed by atoms with Crippen LogP contribution in [0, 0.1) is 5.92 Å². The van der Waals surface area contributed by atoms with E-state index >= 15 is 0 Å². The summed E-state index contributed by atoms with van der Waals surface area (Å²) in [6.45, 7) is 3.94. The smallest absolute Gasteiger partial charge is 0.253 e. The second-order valence-electron chi connectivity index (χ2n) is 7.76. The third-order valence-corrected chi connectivity index (χ3v) is 6.56. The van der Waals surface area contributed by atoms with Crippen LogP contribution in [-0.2, 0) is 11.8 Å². The van der Waals surface area contributed by atoms with Crippen molar-refractivity contribution in [3.63, 3.8) is 0 Å². The predicted molar refractivity (Wildman–Crippen MR) is 135 cm³/mol. The highest BCUT2D eigenvalue weighted by Gasteiger charge is 2.26. The van der Waals surface area contributed by atoms with Gasteiger partial charge in [0, 0.05) is 12.1 Å². The van der Waals surface area contributed by atoms with Crippen molar-refractivity contribution in [1.82, 2.24) is 20.1 Å². The van der Waals surface area contributed by atoms with Crippen LogP contribution in [0.1, 0.15) is 36.1 Å². The molecule has 1 heterocycles. The first-order valence-electron chi connectivity index (χ1n) is 10.4. The van der Waals surface area contributed by atoms with Gasteiger partial charge in [-0.3, -0.25) is 9.59 Å². The van der Waals surface area contributed by atoms with Crippen molar-refractivity contribution < 1.29 is 14.3 Å². The van der Waals surface area contributed by atoms with Gasteiger partial charge in [-0.05, 0) is 36.2 Å². The van der Waals surface area contributed by atoms with Crippen LogP contribution in [0.25, 0.3) is 0 Å². The summed E-state index contributed by atoms with van der Waals surface area (Å²) in [5, 5.41) is 15.6. The molecule has 3 aromatic rings. The summed E-state index contributed by atoms with van der Waals surface area (Å²) >= 11 is 13.4. The summed E-state index contributed by atoms with van der Waals surface area (Å²) in [6, 6.07) is 11.5. The number of carbonyl (C=O) groups excluding carboxylic acids is 2. The van der Waals surface area contributed by atoms with Crippen LogP contribution in [0.2, 0.25) is 10.0 Å². The molecule has 0 aliphatic heterocycles. The lowest BCUT2D eigenvalue weighted by Gasteiger charge is -2.22. The summed E-state index contributed by atoms with van der Waals surface area (Å²) in [5.41, 5.74) is 0.916. The molecule has 0 spiro atoms. The quantitative estimate of drug-likeness (QED) is 0.385. The van der Waals surface area contributed by atoms with Crippen molar-refractivity contribution in [2.45, 2.75) is 25.0 Å². The molecular formula is C23H25Cl2N5O3S. The highest BCUT2D eigenvalue weighted by Crippen LogP contribution is 2.27. The van der Waals surface area contributed by atoms with Crippen LogP contribution < -0.4 is 15.4 Å². The fraction of sp³-hybridized carbons (Fsp3) is 0.304. The maximum Gasteiger partial charge on any atom is 0.253 e. The monoisotopic (exact) mass is 521 g/mol. The standard InChI is InChI=1S/C23H25Cl2N5O3S/c1-13(2)20(27-22(32)15-10-9-14(24)11-16(15)25)21-28-29-23(30(21)3)34-12-19(31)26-17-7-5-6-8-18(17)33-4/h5-11,13,20H,12H2,1-4H3,(H,26,31)(H,27,32)/t20-/m1/s1. The topological polar surface area (TPSA) is 98.1 Å². The molecule has 11 heteroatoms. The van der Waals surface area contributed by atoms with Crippen molar-refractivity contribution in [3.05, 3.63) is 63.9 Å². The maximum absolute atomic E-state index is 12.9. The Kier molecular flexibility index (Phi) is 8.82. The molecule has 8 nitrogen and oxygen atoms in total. The zero-order valence-corrected chi connectivity index (χ0v) is 21.5. The van der Waals surface area contributed by atoms with E-state index in [1.54, 1.807) is 43.0 Å². The van der Waals surface area contributed by atoms with Gasteiger partial charge >= 0.3 is 0 Å². The molecule has 180 valence electrons. The Hall–Kier alpha value is -2.75. The lowest BCUT2D eigenvalue weighted by molar-refractivity contribution is -0.113. The Morgan fingerprint density at radius 1 is 1.15 bits per heavy atom. The summed E-state index contributed by atoms with van der Waals surface area (Å²) in [4.78, 5) is 25.3. The number of nitrogens with zero attached hydrogens (tertiary/aromatic N) is 3. The molecule has 2 amide bonds. The minimum absolute atomic E-state index is 0.0182. The van der Waals surface area contributed by atoms with Crippen LogP contribution in [0.3, 0.4) is 0 Å². The molecule has 1 atom stereocenters. The van der Waals surface area contributed by atoms with Crippen LogP contribution in [0.15, 0.2) is 47.6 Å². The number of hydrogen-bond donors (Lipinski definition) is 2. The summed E-state index contributed by atoms with van der Waals surface area (Å²) in [7, 11) is 3.35. The van der Waals surface area contributed by atoms with E-state index in [0.717, 1.165) is 0 Å². The number of anilines is 1. The van der Waals surface area contributed by atoms with E-state index in [1.807, 2.05) is 26.0 Å². The highest BCUT2D eigenvalue weighted by molar-refractivity contribution is 7.99. The number of para-hydroxylation sites is 2. The van der Waals surface area contributed by atoms with Gasteiger partial charge in [0.1, 0.15) is 5.75 Å². The molecule has 0 aliphatic carbocycles. The number of halogens is 2. The van der Waals surface area contributed by atoms with E-state index in [1.165, 1.54) is 17.8 Å². The zero-order chi connectivity index (χ0) is 24.8. The third kappa shape index (κ3) is 6.22. The Morgan fingerprint density at radius 3 is 2.56 bits per heavy atom.